The van der Waals surface area contributed by atoms with Gasteiger partial charge in [0.2, 0.25) is 0 Å². The Balaban J connectivity index is 2.79. The highest BCUT2D eigenvalue weighted by Crippen LogP contribution is 2.61. The Morgan fingerprint density at radius 3 is 1.94 bits per heavy atom. The molecule has 1 aliphatic rings. The van der Waals surface area contributed by atoms with Crippen LogP contribution in [0.1, 0.15) is 60.3 Å². The molecule has 0 aromatic carbocycles. The zero-order valence-corrected chi connectivity index (χ0v) is 11.9. The minimum Gasteiger partial charge on any atom is -0.480 e. The van der Waals surface area contributed by atoms with Crippen LogP contribution >= 0.6 is 11.8 Å². The van der Waals surface area contributed by atoms with Gasteiger partial charge >= 0.3 is 5.97 Å². The van der Waals surface area contributed by atoms with Crippen molar-refractivity contribution in [3.8, 4) is 0 Å². The zero-order valence-electron chi connectivity index (χ0n) is 11.1. The van der Waals surface area contributed by atoms with E-state index in [1.807, 2.05) is 0 Å². The molecule has 0 aromatic heterocycles. The number of rotatable bonds is 4. The molecule has 0 saturated heterocycles. The van der Waals surface area contributed by atoms with Crippen molar-refractivity contribution in [2.75, 3.05) is 0 Å². The molecule has 0 bridgehead atoms. The highest BCUT2D eigenvalue weighted by Gasteiger charge is 2.58. The molecule has 0 atom stereocenters. The van der Waals surface area contributed by atoms with Crippen LogP contribution in [-0.2, 0) is 4.79 Å². The number of hydrogen-bond acceptors (Lipinski definition) is 2. The molecule has 94 valence electrons. The summed E-state index contributed by atoms with van der Waals surface area (Å²) in [7, 11) is 0. The van der Waals surface area contributed by atoms with Gasteiger partial charge in [0.15, 0.2) is 0 Å². The lowest BCUT2D eigenvalue weighted by Crippen LogP contribution is -2.55. The number of aliphatic carboxylic acids is 1. The molecule has 1 fully saturated rings. The molecule has 0 aliphatic heterocycles. The summed E-state index contributed by atoms with van der Waals surface area (Å²) in [6, 6.07) is 0. The van der Waals surface area contributed by atoms with Gasteiger partial charge in [0.25, 0.3) is 0 Å². The van der Waals surface area contributed by atoms with Crippen LogP contribution in [0.2, 0.25) is 0 Å². The Morgan fingerprint density at radius 2 is 1.69 bits per heavy atom. The summed E-state index contributed by atoms with van der Waals surface area (Å²) >= 11 is 1.63. The molecule has 0 radical (unpaired) electrons. The first-order chi connectivity index (χ1) is 7.19. The van der Waals surface area contributed by atoms with Crippen LogP contribution in [0.5, 0.6) is 0 Å². The molecule has 2 nitrogen and oxygen atoms in total. The standard InChI is InChI=1S/C13H24O2S/c1-6-12(7-2)8-13(9-12,10(14)15)16-11(3,4)5/h6-9H2,1-5H3,(H,14,15). The first kappa shape index (κ1) is 13.9. The summed E-state index contributed by atoms with van der Waals surface area (Å²) in [6.07, 6.45) is 3.88. The summed E-state index contributed by atoms with van der Waals surface area (Å²) in [6.45, 7) is 10.6. The molecule has 0 spiro atoms. The van der Waals surface area contributed by atoms with Gasteiger partial charge in [-0.2, -0.15) is 0 Å². The monoisotopic (exact) mass is 244 g/mol. The number of thioether (sulfide) groups is 1. The van der Waals surface area contributed by atoms with E-state index in [4.69, 9.17) is 0 Å². The molecule has 0 heterocycles. The minimum atomic E-state index is -0.620. The highest BCUT2D eigenvalue weighted by molar-refractivity contribution is 8.02. The van der Waals surface area contributed by atoms with Crippen molar-refractivity contribution in [3.63, 3.8) is 0 Å². The molecule has 1 N–H and O–H groups in total. The smallest absolute Gasteiger partial charge is 0.319 e. The summed E-state index contributed by atoms with van der Waals surface area (Å²) < 4.78 is -0.504. The largest absolute Gasteiger partial charge is 0.480 e. The Hall–Kier alpha value is -0.180. The number of carboxylic acids is 1. The average molecular weight is 244 g/mol. The summed E-state index contributed by atoms with van der Waals surface area (Å²) in [5.41, 5.74) is 0.288. The molecule has 0 unspecified atom stereocenters. The highest BCUT2D eigenvalue weighted by atomic mass is 32.2. The van der Waals surface area contributed by atoms with E-state index in [9.17, 15) is 9.90 Å². The number of hydrogen-bond donors (Lipinski definition) is 1. The van der Waals surface area contributed by atoms with E-state index in [2.05, 4.69) is 34.6 Å². The maximum Gasteiger partial charge on any atom is 0.319 e. The van der Waals surface area contributed by atoms with Crippen molar-refractivity contribution in [2.24, 2.45) is 5.41 Å². The van der Waals surface area contributed by atoms with Crippen LogP contribution in [0.4, 0.5) is 0 Å². The third kappa shape index (κ3) is 2.55. The molecule has 1 rings (SSSR count). The van der Waals surface area contributed by atoms with Gasteiger partial charge in [-0.05, 0) is 18.3 Å². The van der Waals surface area contributed by atoms with E-state index in [1.54, 1.807) is 11.8 Å². The molecule has 16 heavy (non-hydrogen) atoms. The van der Waals surface area contributed by atoms with Crippen LogP contribution < -0.4 is 0 Å². The van der Waals surface area contributed by atoms with Crippen LogP contribution in [0, 0.1) is 5.41 Å². The molecule has 3 heteroatoms. The molecular formula is C13H24O2S. The molecule has 1 aliphatic carbocycles. The second-order valence-corrected chi connectivity index (χ2v) is 8.28. The predicted molar refractivity (Wildman–Crippen MR) is 70.0 cm³/mol. The van der Waals surface area contributed by atoms with Gasteiger partial charge in [0, 0.05) is 4.75 Å². The summed E-state index contributed by atoms with van der Waals surface area (Å²) in [5.74, 6) is -0.620. The van der Waals surface area contributed by atoms with E-state index in [0.717, 1.165) is 25.7 Å². The van der Waals surface area contributed by atoms with E-state index in [0.29, 0.717) is 0 Å². The van der Waals surface area contributed by atoms with Gasteiger partial charge in [-0.15, -0.1) is 11.8 Å². The lowest BCUT2D eigenvalue weighted by atomic mass is 9.58. The Bertz CT molecular complexity index is 266. The van der Waals surface area contributed by atoms with Gasteiger partial charge < -0.3 is 5.11 Å². The van der Waals surface area contributed by atoms with Crippen molar-refractivity contribution >= 4 is 17.7 Å². The van der Waals surface area contributed by atoms with Gasteiger partial charge in [0.05, 0.1) is 0 Å². The third-order valence-corrected chi connectivity index (χ3v) is 5.18. The van der Waals surface area contributed by atoms with E-state index in [-0.39, 0.29) is 10.2 Å². The van der Waals surface area contributed by atoms with Crippen LogP contribution in [0.25, 0.3) is 0 Å². The van der Waals surface area contributed by atoms with Crippen molar-refractivity contribution in [2.45, 2.75) is 69.8 Å². The summed E-state index contributed by atoms with van der Waals surface area (Å²) in [5, 5.41) is 9.45. The average Bonchev–Trinajstić information content (AvgIpc) is 2.08. The lowest BCUT2D eigenvalue weighted by molar-refractivity contribution is -0.147. The topological polar surface area (TPSA) is 37.3 Å². The SMILES string of the molecule is CCC1(CC)CC(SC(C)(C)C)(C(=O)O)C1. The second-order valence-electron chi connectivity index (χ2n) is 6.07. The Kier molecular flexibility index (Phi) is 3.68. The summed E-state index contributed by atoms with van der Waals surface area (Å²) in [4.78, 5) is 11.5. The van der Waals surface area contributed by atoms with Crippen LogP contribution in [-0.4, -0.2) is 20.6 Å². The maximum absolute atomic E-state index is 11.5. The van der Waals surface area contributed by atoms with Crippen LogP contribution in [0.15, 0.2) is 0 Å². The molecule has 1 saturated carbocycles. The van der Waals surface area contributed by atoms with Crippen molar-refractivity contribution in [3.05, 3.63) is 0 Å². The number of carboxylic acid groups (broad SMARTS) is 1. The van der Waals surface area contributed by atoms with E-state index in [1.165, 1.54) is 0 Å². The third-order valence-electron chi connectivity index (χ3n) is 3.71. The lowest BCUT2D eigenvalue weighted by Gasteiger charge is -2.55. The fraction of sp³-hybridized carbons (Fsp3) is 0.923. The fourth-order valence-corrected chi connectivity index (χ4v) is 4.78. The van der Waals surface area contributed by atoms with Crippen molar-refractivity contribution in [1.29, 1.82) is 0 Å². The molecular weight excluding hydrogens is 220 g/mol. The Labute approximate surface area is 103 Å². The number of carbonyl (C=O) groups is 1. The normalized spacial score (nSPS) is 22.6. The van der Waals surface area contributed by atoms with Crippen molar-refractivity contribution < 1.29 is 9.90 Å². The van der Waals surface area contributed by atoms with E-state index < -0.39 is 10.7 Å². The Morgan fingerprint density at radius 1 is 1.25 bits per heavy atom. The zero-order chi connectivity index (χ0) is 12.6. The second kappa shape index (κ2) is 4.25. The van der Waals surface area contributed by atoms with Gasteiger partial charge in [-0.3, -0.25) is 4.79 Å². The predicted octanol–water partition coefficient (Wildman–Crippen LogP) is 3.94. The quantitative estimate of drug-likeness (QED) is 0.814. The molecule has 0 aromatic rings. The fourth-order valence-electron chi connectivity index (χ4n) is 2.76. The first-order valence-electron chi connectivity index (χ1n) is 6.12. The van der Waals surface area contributed by atoms with Gasteiger partial charge in [0.1, 0.15) is 4.75 Å². The maximum atomic E-state index is 11.5. The molecule has 0 amide bonds. The van der Waals surface area contributed by atoms with Crippen LogP contribution in [0.3, 0.4) is 0 Å². The van der Waals surface area contributed by atoms with Gasteiger partial charge in [-0.1, -0.05) is 47.5 Å². The van der Waals surface area contributed by atoms with Gasteiger partial charge in [-0.25, -0.2) is 0 Å². The minimum absolute atomic E-state index is 0.0199. The van der Waals surface area contributed by atoms with E-state index >= 15 is 0 Å². The van der Waals surface area contributed by atoms with Crippen molar-refractivity contribution in [1.82, 2.24) is 0 Å². The first-order valence-corrected chi connectivity index (χ1v) is 6.94.